The molecule has 0 saturated carbocycles. The summed E-state index contributed by atoms with van der Waals surface area (Å²) in [6.45, 7) is 0. The largest absolute Gasteiger partial charge is 0.451 e. The molecule has 5 aromatic rings. The van der Waals surface area contributed by atoms with Gasteiger partial charge in [-0.25, -0.2) is 4.98 Å². The van der Waals surface area contributed by atoms with Crippen LogP contribution < -0.4 is 5.32 Å². The van der Waals surface area contributed by atoms with Crippen molar-refractivity contribution in [3.63, 3.8) is 0 Å². The Morgan fingerprint density at radius 3 is 2.55 bits per heavy atom. The zero-order chi connectivity index (χ0) is 21.2. The SMILES string of the molecule is O=C(Nc1ccc2oc(Cc3ccccc3)nc2c1)c1ccc(-c2ccccc2Cl)o1. The maximum atomic E-state index is 12.6. The minimum absolute atomic E-state index is 0.194. The lowest BCUT2D eigenvalue weighted by atomic mass is 10.1. The number of benzene rings is 3. The van der Waals surface area contributed by atoms with E-state index in [-0.39, 0.29) is 11.7 Å². The number of halogens is 1. The van der Waals surface area contributed by atoms with E-state index in [0.29, 0.717) is 39.9 Å². The molecule has 1 amide bonds. The molecule has 0 unspecified atom stereocenters. The Morgan fingerprint density at radius 1 is 0.903 bits per heavy atom. The Balaban J connectivity index is 1.33. The van der Waals surface area contributed by atoms with Gasteiger partial charge in [-0.15, -0.1) is 0 Å². The van der Waals surface area contributed by atoms with Gasteiger partial charge in [0, 0.05) is 17.7 Å². The van der Waals surface area contributed by atoms with Gasteiger partial charge >= 0.3 is 0 Å². The molecule has 5 nitrogen and oxygen atoms in total. The molecule has 1 N–H and O–H groups in total. The van der Waals surface area contributed by atoms with Gasteiger partial charge in [0.1, 0.15) is 11.3 Å². The van der Waals surface area contributed by atoms with Gasteiger partial charge in [0.25, 0.3) is 5.91 Å². The average Bonchev–Trinajstić information content (AvgIpc) is 3.41. The molecule has 3 aromatic carbocycles. The maximum absolute atomic E-state index is 12.6. The van der Waals surface area contributed by atoms with Crippen LogP contribution in [0.5, 0.6) is 0 Å². The summed E-state index contributed by atoms with van der Waals surface area (Å²) in [5.74, 6) is 0.999. The van der Waals surface area contributed by atoms with Gasteiger partial charge in [0.2, 0.25) is 0 Å². The summed E-state index contributed by atoms with van der Waals surface area (Å²) in [7, 11) is 0. The number of hydrogen-bond donors (Lipinski definition) is 1. The third kappa shape index (κ3) is 4.09. The number of fused-ring (bicyclic) bond motifs is 1. The van der Waals surface area contributed by atoms with Crippen molar-refractivity contribution in [2.45, 2.75) is 6.42 Å². The standard InChI is InChI=1S/C25H17ClN2O3/c26-19-9-5-4-8-18(19)21-12-13-23(30-21)25(29)27-17-10-11-22-20(15-17)28-24(31-22)14-16-6-2-1-3-7-16/h1-13,15H,14H2,(H,27,29). The summed E-state index contributed by atoms with van der Waals surface area (Å²) in [4.78, 5) is 17.2. The van der Waals surface area contributed by atoms with Crippen molar-refractivity contribution in [3.05, 3.63) is 107 Å². The molecular weight excluding hydrogens is 412 g/mol. The Morgan fingerprint density at radius 2 is 1.71 bits per heavy atom. The van der Waals surface area contributed by atoms with E-state index in [1.807, 2.05) is 48.5 Å². The van der Waals surface area contributed by atoms with Gasteiger partial charge in [0.05, 0.1) is 5.02 Å². The van der Waals surface area contributed by atoms with Crippen molar-refractivity contribution in [1.82, 2.24) is 4.98 Å². The molecule has 0 aliphatic heterocycles. The summed E-state index contributed by atoms with van der Waals surface area (Å²) >= 11 is 6.21. The van der Waals surface area contributed by atoms with Crippen molar-refractivity contribution in [1.29, 1.82) is 0 Å². The summed E-state index contributed by atoms with van der Waals surface area (Å²) in [5.41, 5.74) is 3.81. The molecule has 0 aliphatic carbocycles. The molecule has 0 bridgehead atoms. The Bertz CT molecular complexity index is 1370. The summed E-state index contributed by atoms with van der Waals surface area (Å²) < 4.78 is 11.5. The van der Waals surface area contributed by atoms with Gasteiger partial charge in [-0.3, -0.25) is 4.79 Å². The monoisotopic (exact) mass is 428 g/mol. The fourth-order valence-electron chi connectivity index (χ4n) is 3.36. The van der Waals surface area contributed by atoms with Crippen LogP contribution in [0.25, 0.3) is 22.4 Å². The lowest BCUT2D eigenvalue weighted by Gasteiger charge is -2.03. The number of carbonyl (C=O) groups is 1. The number of anilines is 1. The van der Waals surface area contributed by atoms with Gasteiger partial charge in [-0.05, 0) is 48.0 Å². The maximum Gasteiger partial charge on any atom is 0.291 e. The van der Waals surface area contributed by atoms with Crippen LogP contribution in [0.15, 0.2) is 93.8 Å². The molecule has 0 atom stereocenters. The topological polar surface area (TPSA) is 68.3 Å². The fourth-order valence-corrected chi connectivity index (χ4v) is 3.59. The number of hydrogen-bond acceptors (Lipinski definition) is 4. The van der Waals surface area contributed by atoms with E-state index in [0.717, 1.165) is 11.1 Å². The molecule has 2 aromatic heterocycles. The number of nitrogens with one attached hydrogen (secondary N) is 1. The third-order valence-electron chi connectivity index (χ3n) is 4.86. The van der Waals surface area contributed by atoms with Gasteiger partial charge in [0.15, 0.2) is 17.2 Å². The number of carbonyl (C=O) groups excluding carboxylic acids is 1. The van der Waals surface area contributed by atoms with Crippen LogP contribution >= 0.6 is 11.6 Å². The lowest BCUT2D eigenvalue weighted by Crippen LogP contribution is -2.10. The molecule has 6 heteroatoms. The molecule has 0 radical (unpaired) electrons. The van der Waals surface area contributed by atoms with Gasteiger partial charge < -0.3 is 14.2 Å². The van der Waals surface area contributed by atoms with Gasteiger partial charge in [-0.2, -0.15) is 0 Å². The first-order valence-corrected chi connectivity index (χ1v) is 10.1. The molecule has 31 heavy (non-hydrogen) atoms. The van der Waals surface area contributed by atoms with Crippen molar-refractivity contribution in [2.75, 3.05) is 5.32 Å². The highest BCUT2D eigenvalue weighted by atomic mass is 35.5. The molecular formula is C25H17ClN2O3. The van der Waals surface area contributed by atoms with Crippen molar-refractivity contribution >= 4 is 34.3 Å². The van der Waals surface area contributed by atoms with Crippen LogP contribution in [0.4, 0.5) is 5.69 Å². The van der Waals surface area contributed by atoms with Crippen LogP contribution in [0, 0.1) is 0 Å². The highest BCUT2D eigenvalue weighted by Gasteiger charge is 2.15. The quantitative estimate of drug-likeness (QED) is 0.343. The van der Waals surface area contributed by atoms with Crippen LogP contribution in [0.1, 0.15) is 22.0 Å². The third-order valence-corrected chi connectivity index (χ3v) is 5.19. The fraction of sp³-hybridized carbons (Fsp3) is 0.0400. The number of nitrogens with zero attached hydrogens (tertiary/aromatic N) is 1. The normalized spacial score (nSPS) is 11.0. The average molecular weight is 429 g/mol. The van der Waals surface area contributed by atoms with Crippen LogP contribution in [-0.2, 0) is 6.42 Å². The minimum atomic E-state index is -0.356. The highest BCUT2D eigenvalue weighted by Crippen LogP contribution is 2.29. The van der Waals surface area contributed by atoms with Crippen LogP contribution in [0.3, 0.4) is 0 Å². The van der Waals surface area contributed by atoms with Crippen LogP contribution in [-0.4, -0.2) is 10.9 Å². The highest BCUT2D eigenvalue weighted by molar-refractivity contribution is 6.33. The van der Waals surface area contributed by atoms with E-state index in [4.69, 9.17) is 20.4 Å². The zero-order valence-corrected chi connectivity index (χ0v) is 17.1. The predicted molar refractivity (Wildman–Crippen MR) is 120 cm³/mol. The minimum Gasteiger partial charge on any atom is -0.451 e. The first-order chi connectivity index (χ1) is 15.2. The molecule has 2 heterocycles. The van der Waals surface area contributed by atoms with Gasteiger partial charge in [-0.1, -0.05) is 54.1 Å². The van der Waals surface area contributed by atoms with Crippen molar-refractivity contribution < 1.29 is 13.6 Å². The molecule has 0 spiro atoms. The summed E-state index contributed by atoms with van der Waals surface area (Å²) in [5, 5.41) is 3.40. The Kier molecular flexibility index (Phi) is 5.02. The first kappa shape index (κ1) is 19.2. The second kappa shape index (κ2) is 8.13. The smallest absolute Gasteiger partial charge is 0.291 e. The molecule has 0 saturated heterocycles. The predicted octanol–water partition coefficient (Wildman–Crippen LogP) is 6.58. The van der Waals surface area contributed by atoms with Crippen molar-refractivity contribution in [3.8, 4) is 11.3 Å². The van der Waals surface area contributed by atoms with E-state index in [1.165, 1.54) is 0 Å². The molecule has 152 valence electrons. The Hall–Kier alpha value is -3.83. The number of rotatable bonds is 5. The first-order valence-electron chi connectivity index (χ1n) is 9.75. The second-order valence-electron chi connectivity index (χ2n) is 7.05. The number of amides is 1. The van der Waals surface area contributed by atoms with Crippen LogP contribution in [0.2, 0.25) is 5.02 Å². The van der Waals surface area contributed by atoms with Crippen molar-refractivity contribution in [2.24, 2.45) is 0 Å². The number of furan rings is 1. The van der Waals surface area contributed by atoms with E-state index < -0.39 is 0 Å². The number of oxazole rings is 1. The summed E-state index contributed by atoms with van der Waals surface area (Å²) in [6.07, 6.45) is 0.606. The van der Waals surface area contributed by atoms with E-state index in [9.17, 15) is 4.79 Å². The Labute approximate surface area is 183 Å². The molecule has 0 aliphatic rings. The molecule has 0 fully saturated rings. The zero-order valence-electron chi connectivity index (χ0n) is 16.3. The number of aromatic nitrogens is 1. The summed E-state index contributed by atoms with van der Waals surface area (Å²) in [6, 6.07) is 26.0. The molecule has 5 rings (SSSR count). The second-order valence-corrected chi connectivity index (χ2v) is 7.46. The van der Waals surface area contributed by atoms with E-state index in [1.54, 1.807) is 36.4 Å². The van der Waals surface area contributed by atoms with E-state index >= 15 is 0 Å². The lowest BCUT2D eigenvalue weighted by molar-refractivity contribution is 0.0997. The van der Waals surface area contributed by atoms with E-state index in [2.05, 4.69) is 10.3 Å².